The van der Waals surface area contributed by atoms with Gasteiger partial charge in [-0.05, 0) is 13.8 Å². The highest BCUT2D eigenvalue weighted by Gasteiger charge is 2.22. The van der Waals surface area contributed by atoms with Crippen LogP contribution in [-0.2, 0) is 16.0 Å². The van der Waals surface area contributed by atoms with Gasteiger partial charge in [0.1, 0.15) is 0 Å². The van der Waals surface area contributed by atoms with Gasteiger partial charge in [0, 0.05) is 11.5 Å². The van der Waals surface area contributed by atoms with Crippen LogP contribution in [0.15, 0.2) is 15.1 Å². The van der Waals surface area contributed by atoms with E-state index in [-0.39, 0.29) is 16.6 Å². The summed E-state index contributed by atoms with van der Waals surface area (Å²) >= 11 is 1.42. The number of hydrogen-bond acceptors (Lipinski definition) is 7. The van der Waals surface area contributed by atoms with E-state index in [2.05, 4.69) is 20.6 Å². The maximum Gasteiger partial charge on any atom is 0.239 e. The van der Waals surface area contributed by atoms with Crippen molar-refractivity contribution in [2.75, 3.05) is 5.32 Å². The van der Waals surface area contributed by atoms with Crippen LogP contribution in [0.4, 0.5) is 5.88 Å². The zero-order valence-electron chi connectivity index (χ0n) is 13.3. The van der Waals surface area contributed by atoms with Crippen molar-refractivity contribution in [2.24, 2.45) is 0 Å². The van der Waals surface area contributed by atoms with Crippen molar-refractivity contribution in [3.05, 3.63) is 23.5 Å². The summed E-state index contributed by atoms with van der Waals surface area (Å²) in [5, 5.41) is 10.1. The number of rotatable bonds is 5. The fraction of sp³-hybridized carbons (Fsp3) is 0.571. The maximum absolute atomic E-state index is 12.0. The third-order valence-electron chi connectivity index (χ3n) is 2.84. The average Bonchev–Trinajstić information content (AvgIpc) is 3.04. The standard InChI is InChI=1S/C14H20N4O3S/c1-8-6-10(20-17-8)15-12(19)9(2)22-7-11-16-13(18-21-11)14(3,4)5/h6,9H,7H2,1-5H3,(H,15,19)/t9-/m0/s1. The van der Waals surface area contributed by atoms with E-state index in [1.165, 1.54) is 11.8 Å². The lowest BCUT2D eigenvalue weighted by atomic mass is 9.96. The molecule has 2 heterocycles. The lowest BCUT2D eigenvalue weighted by Gasteiger charge is -2.11. The van der Waals surface area contributed by atoms with E-state index in [4.69, 9.17) is 9.05 Å². The number of thioether (sulfide) groups is 1. The molecule has 2 aromatic heterocycles. The van der Waals surface area contributed by atoms with Crippen LogP contribution >= 0.6 is 11.8 Å². The highest BCUT2D eigenvalue weighted by Crippen LogP contribution is 2.22. The smallest absolute Gasteiger partial charge is 0.239 e. The Morgan fingerprint density at radius 1 is 1.36 bits per heavy atom. The zero-order chi connectivity index (χ0) is 16.3. The van der Waals surface area contributed by atoms with E-state index in [9.17, 15) is 4.79 Å². The van der Waals surface area contributed by atoms with E-state index in [0.717, 1.165) is 5.69 Å². The Balaban J connectivity index is 1.85. The molecule has 0 aromatic carbocycles. The van der Waals surface area contributed by atoms with Crippen LogP contribution in [0.1, 0.15) is 45.1 Å². The number of amides is 1. The van der Waals surface area contributed by atoms with Crippen LogP contribution in [0.3, 0.4) is 0 Å². The van der Waals surface area contributed by atoms with Crippen LogP contribution < -0.4 is 5.32 Å². The molecule has 0 aliphatic carbocycles. The molecule has 0 saturated heterocycles. The minimum Gasteiger partial charge on any atom is -0.338 e. The van der Waals surface area contributed by atoms with E-state index in [0.29, 0.717) is 23.4 Å². The molecule has 22 heavy (non-hydrogen) atoms. The summed E-state index contributed by atoms with van der Waals surface area (Å²) < 4.78 is 10.2. The van der Waals surface area contributed by atoms with Crippen molar-refractivity contribution < 1.29 is 13.8 Å². The highest BCUT2D eigenvalue weighted by molar-refractivity contribution is 7.99. The number of aryl methyl sites for hydroxylation is 1. The normalized spacial score (nSPS) is 13.1. The number of aromatic nitrogens is 3. The summed E-state index contributed by atoms with van der Waals surface area (Å²) in [7, 11) is 0. The molecule has 2 rings (SSSR count). The molecule has 2 aromatic rings. The number of hydrogen-bond donors (Lipinski definition) is 1. The SMILES string of the molecule is Cc1cc(NC(=O)[C@H](C)SCc2nc(C(C)(C)C)no2)on1. The molecule has 120 valence electrons. The molecule has 0 spiro atoms. The van der Waals surface area contributed by atoms with Crippen molar-refractivity contribution in [3.63, 3.8) is 0 Å². The average molecular weight is 324 g/mol. The van der Waals surface area contributed by atoms with Crippen molar-refractivity contribution in [2.45, 2.75) is 51.0 Å². The second-order valence-electron chi connectivity index (χ2n) is 6.04. The predicted octanol–water partition coefficient (Wildman–Crippen LogP) is 2.92. The fourth-order valence-corrected chi connectivity index (χ4v) is 2.26. The van der Waals surface area contributed by atoms with Gasteiger partial charge in [0.2, 0.25) is 17.7 Å². The van der Waals surface area contributed by atoms with Gasteiger partial charge in [-0.3, -0.25) is 10.1 Å². The van der Waals surface area contributed by atoms with Gasteiger partial charge in [-0.15, -0.1) is 11.8 Å². The first-order chi connectivity index (χ1) is 10.3. The van der Waals surface area contributed by atoms with Crippen molar-refractivity contribution in [1.29, 1.82) is 0 Å². The van der Waals surface area contributed by atoms with Crippen molar-refractivity contribution in [1.82, 2.24) is 15.3 Å². The van der Waals surface area contributed by atoms with Crippen LogP contribution in [0.25, 0.3) is 0 Å². The number of carbonyl (C=O) groups is 1. The summed E-state index contributed by atoms with van der Waals surface area (Å²) in [6.45, 7) is 9.66. The van der Waals surface area contributed by atoms with Gasteiger partial charge in [-0.2, -0.15) is 4.98 Å². The summed E-state index contributed by atoms with van der Waals surface area (Å²) in [6, 6.07) is 1.67. The highest BCUT2D eigenvalue weighted by atomic mass is 32.2. The van der Waals surface area contributed by atoms with Gasteiger partial charge in [0.15, 0.2) is 5.82 Å². The number of nitrogens with one attached hydrogen (secondary N) is 1. The fourth-order valence-electron chi connectivity index (χ4n) is 1.54. The Labute approximate surface area is 133 Å². The number of anilines is 1. The Bertz CT molecular complexity index is 645. The molecule has 0 aliphatic heterocycles. The van der Waals surface area contributed by atoms with Gasteiger partial charge in [-0.1, -0.05) is 31.1 Å². The third kappa shape index (κ3) is 4.33. The van der Waals surface area contributed by atoms with E-state index in [1.807, 2.05) is 27.7 Å². The second-order valence-corrected chi connectivity index (χ2v) is 7.37. The zero-order valence-corrected chi connectivity index (χ0v) is 14.2. The van der Waals surface area contributed by atoms with Crippen molar-refractivity contribution in [3.8, 4) is 0 Å². The molecule has 0 bridgehead atoms. The van der Waals surface area contributed by atoms with Crippen LogP contribution in [-0.4, -0.2) is 26.5 Å². The Kier molecular flexibility index (Phi) is 4.90. The molecule has 1 atom stereocenters. The molecular weight excluding hydrogens is 304 g/mol. The molecule has 1 N–H and O–H groups in total. The van der Waals surface area contributed by atoms with Crippen LogP contribution in [0.5, 0.6) is 0 Å². The topological polar surface area (TPSA) is 94.1 Å². The third-order valence-corrected chi connectivity index (χ3v) is 3.97. The molecule has 8 heteroatoms. The molecule has 0 saturated carbocycles. The monoisotopic (exact) mass is 324 g/mol. The summed E-state index contributed by atoms with van der Waals surface area (Å²) in [5.41, 5.74) is 0.565. The number of nitrogens with zero attached hydrogens (tertiary/aromatic N) is 3. The first kappa shape index (κ1) is 16.5. The lowest BCUT2D eigenvalue weighted by Crippen LogP contribution is -2.22. The molecule has 7 nitrogen and oxygen atoms in total. The predicted molar refractivity (Wildman–Crippen MR) is 83.6 cm³/mol. The summed E-state index contributed by atoms with van der Waals surface area (Å²) in [6.07, 6.45) is 0. The van der Waals surface area contributed by atoms with Gasteiger partial charge in [0.05, 0.1) is 16.7 Å². The maximum atomic E-state index is 12.0. The van der Waals surface area contributed by atoms with E-state index >= 15 is 0 Å². The summed E-state index contributed by atoms with van der Waals surface area (Å²) in [5.74, 6) is 1.86. The van der Waals surface area contributed by atoms with E-state index < -0.39 is 0 Å². The van der Waals surface area contributed by atoms with Crippen molar-refractivity contribution >= 4 is 23.6 Å². The lowest BCUT2D eigenvalue weighted by molar-refractivity contribution is -0.115. The second kappa shape index (κ2) is 6.51. The first-order valence-electron chi connectivity index (χ1n) is 6.94. The largest absolute Gasteiger partial charge is 0.338 e. The molecule has 0 aliphatic rings. The Morgan fingerprint density at radius 3 is 2.64 bits per heavy atom. The Morgan fingerprint density at radius 2 is 2.09 bits per heavy atom. The molecule has 0 unspecified atom stereocenters. The minimum absolute atomic E-state index is 0.153. The first-order valence-corrected chi connectivity index (χ1v) is 7.99. The van der Waals surface area contributed by atoms with Crippen LogP contribution in [0, 0.1) is 6.92 Å². The molecule has 0 radical (unpaired) electrons. The number of carbonyl (C=O) groups excluding carboxylic acids is 1. The van der Waals surface area contributed by atoms with Gasteiger partial charge < -0.3 is 9.05 Å². The van der Waals surface area contributed by atoms with Gasteiger partial charge >= 0.3 is 0 Å². The van der Waals surface area contributed by atoms with Gasteiger partial charge in [0.25, 0.3) is 0 Å². The minimum atomic E-state index is -0.282. The van der Waals surface area contributed by atoms with Gasteiger partial charge in [-0.25, -0.2) is 0 Å². The Hall–Kier alpha value is -1.83. The molecular formula is C14H20N4O3S. The molecule has 1 amide bonds. The molecule has 0 fully saturated rings. The van der Waals surface area contributed by atoms with Crippen LogP contribution in [0.2, 0.25) is 0 Å². The van der Waals surface area contributed by atoms with E-state index in [1.54, 1.807) is 13.0 Å². The summed E-state index contributed by atoms with van der Waals surface area (Å²) in [4.78, 5) is 16.4. The quantitative estimate of drug-likeness (QED) is 0.903.